The number of likely N-dealkylation sites (tertiary alicyclic amines) is 1. The summed E-state index contributed by atoms with van der Waals surface area (Å²) >= 11 is 0. The maximum atomic E-state index is 13.0. The third kappa shape index (κ3) is 3.23. The summed E-state index contributed by atoms with van der Waals surface area (Å²) in [5, 5.41) is 6.93. The Hall–Kier alpha value is -3.00. The normalized spacial score (nSPS) is 20.4. The van der Waals surface area contributed by atoms with Gasteiger partial charge in [0.2, 0.25) is 11.7 Å². The Morgan fingerprint density at radius 3 is 2.85 bits per heavy atom. The molecule has 3 heterocycles. The number of nitrogens with zero attached hydrogens (tertiary/aromatic N) is 3. The number of likely N-dealkylation sites (N-methyl/N-ethyl adjacent to an activating group) is 1. The lowest BCUT2D eigenvalue weighted by Gasteiger charge is -2.14. The van der Waals surface area contributed by atoms with Crippen LogP contribution in [0.4, 0.5) is 4.39 Å². The fraction of sp³-hybridized carbons (Fsp3) is 0.278. The van der Waals surface area contributed by atoms with Gasteiger partial charge in [-0.3, -0.25) is 9.69 Å². The number of rotatable bonds is 4. The summed E-state index contributed by atoms with van der Waals surface area (Å²) in [6.07, 6.45) is 2.11. The van der Waals surface area contributed by atoms with E-state index in [0.717, 1.165) is 0 Å². The summed E-state index contributed by atoms with van der Waals surface area (Å²) in [4.78, 5) is 18.6. The van der Waals surface area contributed by atoms with Crippen LogP contribution in [-0.2, 0) is 0 Å². The predicted molar refractivity (Wildman–Crippen MR) is 89.6 cm³/mol. The first-order chi connectivity index (χ1) is 12.6. The van der Waals surface area contributed by atoms with Crippen LogP contribution in [0.15, 0.2) is 51.6 Å². The summed E-state index contributed by atoms with van der Waals surface area (Å²) in [6, 6.07) is 9.07. The molecule has 26 heavy (non-hydrogen) atoms. The maximum Gasteiger partial charge on any atom is 0.287 e. The molecule has 0 radical (unpaired) electrons. The Labute approximate surface area is 148 Å². The van der Waals surface area contributed by atoms with Gasteiger partial charge in [0.05, 0.1) is 12.3 Å². The minimum absolute atomic E-state index is 0.0521. The molecule has 1 amide bonds. The Morgan fingerprint density at radius 2 is 2.12 bits per heavy atom. The van der Waals surface area contributed by atoms with Gasteiger partial charge in [0.1, 0.15) is 5.82 Å². The third-order valence-corrected chi connectivity index (χ3v) is 4.46. The molecule has 2 aromatic heterocycles. The van der Waals surface area contributed by atoms with E-state index in [4.69, 9.17) is 8.94 Å². The molecule has 1 fully saturated rings. The van der Waals surface area contributed by atoms with Gasteiger partial charge in [-0.25, -0.2) is 4.39 Å². The average molecular weight is 356 g/mol. The molecule has 134 valence electrons. The second kappa shape index (κ2) is 6.72. The van der Waals surface area contributed by atoms with Gasteiger partial charge in [0, 0.05) is 18.2 Å². The lowest BCUT2D eigenvalue weighted by molar-refractivity contribution is 0.0910. The fourth-order valence-electron chi connectivity index (χ4n) is 3.14. The van der Waals surface area contributed by atoms with Crippen LogP contribution < -0.4 is 5.32 Å². The van der Waals surface area contributed by atoms with E-state index in [1.807, 2.05) is 7.05 Å². The van der Waals surface area contributed by atoms with E-state index in [1.54, 1.807) is 24.3 Å². The third-order valence-electron chi connectivity index (χ3n) is 4.46. The first-order valence-electron chi connectivity index (χ1n) is 8.24. The highest BCUT2D eigenvalue weighted by atomic mass is 19.1. The molecule has 1 aliphatic rings. The summed E-state index contributed by atoms with van der Waals surface area (Å²) in [5.74, 6) is 0.611. The second-order valence-electron chi connectivity index (χ2n) is 6.30. The number of benzene rings is 1. The standard InChI is InChI=1S/C18H17FN4O3/c1-23-10-13(20-17(24)15-3-2-8-25-15)9-14(23)18-21-16(22-26-18)11-4-6-12(19)7-5-11/h2-8,13-14H,9-10H2,1H3,(H,20,24)/t13-,14-/m0/s1. The molecule has 0 aliphatic carbocycles. The zero-order valence-electron chi connectivity index (χ0n) is 14.1. The first kappa shape index (κ1) is 16.5. The van der Waals surface area contributed by atoms with Gasteiger partial charge in [-0.1, -0.05) is 5.16 Å². The summed E-state index contributed by atoms with van der Waals surface area (Å²) < 4.78 is 23.6. The second-order valence-corrected chi connectivity index (χ2v) is 6.30. The largest absolute Gasteiger partial charge is 0.459 e. The van der Waals surface area contributed by atoms with Crippen molar-refractivity contribution in [1.29, 1.82) is 0 Å². The van der Waals surface area contributed by atoms with Crippen LogP contribution in [0.3, 0.4) is 0 Å². The quantitative estimate of drug-likeness (QED) is 0.774. The van der Waals surface area contributed by atoms with Crippen molar-refractivity contribution in [3.8, 4) is 11.4 Å². The minimum Gasteiger partial charge on any atom is -0.459 e. The summed E-state index contributed by atoms with van der Waals surface area (Å²) in [6.45, 7) is 0.658. The van der Waals surface area contributed by atoms with Crippen LogP contribution in [0.5, 0.6) is 0 Å². The Bertz CT molecular complexity index is 892. The van der Waals surface area contributed by atoms with Gasteiger partial charge in [-0.15, -0.1) is 0 Å². The first-order valence-corrected chi connectivity index (χ1v) is 8.24. The highest BCUT2D eigenvalue weighted by molar-refractivity contribution is 5.91. The average Bonchev–Trinajstić information content (AvgIpc) is 3.35. The molecule has 0 saturated carbocycles. The van der Waals surface area contributed by atoms with E-state index in [-0.39, 0.29) is 29.6 Å². The maximum absolute atomic E-state index is 13.0. The topological polar surface area (TPSA) is 84.4 Å². The van der Waals surface area contributed by atoms with Gasteiger partial charge >= 0.3 is 0 Å². The summed E-state index contributed by atoms with van der Waals surface area (Å²) in [7, 11) is 1.94. The van der Waals surface area contributed by atoms with Gasteiger partial charge < -0.3 is 14.3 Å². The molecule has 0 spiro atoms. The van der Waals surface area contributed by atoms with Gasteiger partial charge in [-0.2, -0.15) is 4.98 Å². The van der Waals surface area contributed by atoms with Crippen molar-refractivity contribution in [2.45, 2.75) is 18.5 Å². The van der Waals surface area contributed by atoms with E-state index in [0.29, 0.717) is 30.2 Å². The number of amides is 1. The van der Waals surface area contributed by atoms with Gasteiger partial charge in [-0.05, 0) is 49.9 Å². The Kier molecular flexibility index (Phi) is 4.26. The highest BCUT2D eigenvalue weighted by Crippen LogP contribution is 2.31. The Balaban J connectivity index is 1.45. The number of hydrogen-bond acceptors (Lipinski definition) is 6. The molecular weight excluding hydrogens is 339 g/mol. The zero-order valence-corrected chi connectivity index (χ0v) is 14.1. The number of carbonyl (C=O) groups excluding carboxylic acids is 1. The van der Waals surface area contributed by atoms with Crippen LogP contribution in [0.25, 0.3) is 11.4 Å². The lowest BCUT2D eigenvalue weighted by Crippen LogP contribution is -2.36. The van der Waals surface area contributed by atoms with Crippen LogP contribution >= 0.6 is 0 Å². The van der Waals surface area contributed by atoms with Crippen LogP contribution in [0.1, 0.15) is 28.9 Å². The molecule has 4 rings (SSSR count). The molecule has 7 nitrogen and oxygen atoms in total. The molecule has 1 N–H and O–H groups in total. The van der Waals surface area contributed by atoms with Crippen LogP contribution in [0, 0.1) is 5.82 Å². The zero-order chi connectivity index (χ0) is 18.1. The number of aromatic nitrogens is 2. The van der Waals surface area contributed by atoms with Gasteiger partial charge in [0.15, 0.2) is 5.76 Å². The molecule has 3 aromatic rings. The van der Waals surface area contributed by atoms with E-state index in [9.17, 15) is 9.18 Å². The van der Waals surface area contributed by atoms with Gasteiger partial charge in [0.25, 0.3) is 5.91 Å². The van der Waals surface area contributed by atoms with Crippen molar-refractivity contribution in [1.82, 2.24) is 20.4 Å². The van der Waals surface area contributed by atoms with E-state index in [2.05, 4.69) is 20.4 Å². The van der Waals surface area contributed by atoms with Crippen molar-refractivity contribution >= 4 is 5.91 Å². The van der Waals surface area contributed by atoms with Crippen molar-refractivity contribution in [2.24, 2.45) is 0 Å². The number of halogens is 1. The number of carbonyl (C=O) groups is 1. The monoisotopic (exact) mass is 356 g/mol. The molecule has 1 aromatic carbocycles. The predicted octanol–water partition coefficient (Wildman–Crippen LogP) is 2.64. The smallest absolute Gasteiger partial charge is 0.287 e. The minimum atomic E-state index is -0.317. The van der Waals surface area contributed by atoms with Crippen LogP contribution in [0.2, 0.25) is 0 Å². The SMILES string of the molecule is CN1C[C@@H](NC(=O)c2ccco2)C[C@H]1c1nc(-c2ccc(F)cc2)no1. The number of hydrogen-bond donors (Lipinski definition) is 1. The van der Waals surface area contributed by atoms with Crippen molar-refractivity contribution in [3.63, 3.8) is 0 Å². The van der Waals surface area contributed by atoms with Crippen LogP contribution in [-0.4, -0.2) is 40.6 Å². The molecule has 0 bridgehead atoms. The molecule has 2 atom stereocenters. The Morgan fingerprint density at radius 1 is 1.31 bits per heavy atom. The van der Waals surface area contributed by atoms with Crippen molar-refractivity contribution < 1.29 is 18.1 Å². The molecule has 0 unspecified atom stereocenters. The van der Waals surface area contributed by atoms with E-state index < -0.39 is 0 Å². The lowest BCUT2D eigenvalue weighted by atomic mass is 10.1. The molecule has 1 saturated heterocycles. The summed E-state index contributed by atoms with van der Waals surface area (Å²) in [5.41, 5.74) is 0.685. The van der Waals surface area contributed by atoms with Crippen molar-refractivity contribution in [2.75, 3.05) is 13.6 Å². The molecular formula is C18H17FN4O3. The fourth-order valence-corrected chi connectivity index (χ4v) is 3.14. The molecule has 8 heteroatoms. The van der Waals surface area contributed by atoms with E-state index in [1.165, 1.54) is 18.4 Å². The number of furan rings is 1. The number of nitrogens with one attached hydrogen (secondary N) is 1. The van der Waals surface area contributed by atoms with Crippen molar-refractivity contribution in [3.05, 3.63) is 60.1 Å². The highest BCUT2D eigenvalue weighted by Gasteiger charge is 2.35. The van der Waals surface area contributed by atoms with E-state index >= 15 is 0 Å². The molecule has 1 aliphatic heterocycles.